The van der Waals surface area contributed by atoms with Gasteiger partial charge in [0.15, 0.2) is 6.29 Å². The smallest absolute Gasteiger partial charge is 0.266 e. The third kappa shape index (κ3) is 1.85. The molecule has 0 unspecified atom stereocenters. The first-order valence-electron chi connectivity index (χ1n) is 3.28. The number of alkyl halides is 2. The van der Waals surface area contributed by atoms with Gasteiger partial charge in [-0.15, -0.1) is 0 Å². The van der Waals surface area contributed by atoms with Gasteiger partial charge in [-0.1, -0.05) is 0 Å². The highest BCUT2D eigenvalue weighted by Crippen LogP contribution is 2.23. The number of benzene rings is 1. The maximum atomic E-state index is 12.6. The van der Waals surface area contributed by atoms with Crippen LogP contribution in [0.5, 0.6) is 0 Å². The molecule has 0 heterocycles. The van der Waals surface area contributed by atoms with Crippen LogP contribution >= 0.6 is 0 Å². The Labute approximate surface area is 71.0 Å². The van der Waals surface area contributed by atoms with Crippen molar-refractivity contribution in [3.8, 4) is 0 Å². The van der Waals surface area contributed by atoms with E-state index in [9.17, 15) is 22.4 Å². The lowest BCUT2D eigenvalue weighted by atomic mass is 10.1. The molecule has 0 spiro atoms. The van der Waals surface area contributed by atoms with Crippen LogP contribution in [0.1, 0.15) is 22.3 Å². The largest absolute Gasteiger partial charge is 0.298 e. The molecule has 0 radical (unpaired) electrons. The third-order valence-electron chi connectivity index (χ3n) is 1.48. The molecule has 1 nitrogen and oxygen atoms in total. The van der Waals surface area contributed by atoms with Crippen molar-refractivity contribution in [1.29, 1.82) is 0 Å². The average Bonchev–Trinajstić information content (AvgIpc) is 2.03. The molecule has 0 aliphatic rings. The van der Waals surface area contributed by atoms with Crippen LogP contribution in [-0.4, -0.2) is 6.29 Å². The molecule has 0 aliphatic heterocycles. The lowest BCUT2D eigenvalue weighted by Crippen LogP contribution is -1.96. The van der Waals surface area contributed by atoms with E-state index in [0.717, 1.165) is 0 Å². The maximum absolute atomic E-state index is 12.6. The van der Waals surface area contributed by atoms with Crippen LogP contribution in [0.15, 0.2) is 12.1 Å². The van der Waals surface area contributed by atoms with Gasteiger partial charge in [0.1, 0.15) is 11.6 Å². The van der Waals surface area contributed by atoms with Crippen molar-refractivity contribution in [2.24, 2.45) is 0 Å². The van der Waals surface area contributed by atoms with Gasteiger partial charge in [0.05, 0.1) is 11.1 Å². The molecule has 0 saturated carbocycles. The van der Waals surface area contributed by atoms with Crippen molar-refractivity contribution in [3.05, 3.63) is 34.9 Å². The van der Waals surface area contributed by atoms with E-state index in [1.54, 1.807) is 0 Å². The summed E-state index contributed by atoms with van der Waals surface area (Å²) in [6.07, 6.45) is -3.00. The summed E-state index contributed by atoms with van der Waals surface area (Å²) >= 11 is 0. The highest BCUT2D eigenvalue weighted by molar-refractivity contribution is 5.75. The van der Waals surface area contributed by atoms with Gasteiger partial charge in [0.25, 0.3) is 6.43 Å². The minimum atomic E-state index is -3.06. The predicted molar refractivity (Wildman–Crippen MR) is 36.7 cm³/mol. The molecule has 70 valence electrons. The van der Waals surface area contributed by atoms with Crippen LogP contribution in [0.3, 0.4) is 0 Å². The van der Waals surface area contributed by atoms with Gasteiger partial charge in [-0.2, -0.15) is 0 Å². The summed E-state index contributed by atoms with van der Waals surface area (Å²) in [6.45, 7) is 0. The van der Waals surface area contributed by atoms with Crippen LogP contribution < -0.4 is 0 Å². The van der Waals surface area contributed by atoms with Crippen LogP contribution in [0.4, 0.5) is 17.6 Å². The molecule has 13 heavy (non-hydrogen) atoms. The SMILES string of the molecule is O=Cc1cc(C(F)F)c(F)cc1F. The van der Waals surface area contributed by atoms with Gasteiger partial charge in [0.2, 0.25) is 0 Å². The molecule has 0 bridgehead atoms. The summed E-state index contributed by atoms with van der Waals surface area (Å²) in [5.41, 5.74) is -1.54. The van der Waals surface area contributed by atoms with Crippen LogP contribution in [0.25, 0.3) is 0 Å². The highest BCUT2D eigenvalue weighted by Gasteiger charge is 2.16. The van der Waals surface area contributed by atoms with Crippen LogP contribution in [-0.2, 0) is 0 Å². The monoisotopic (exact) mass is 192 g/mol. The zero-order valence-corrected chi connectivity index (χ0v) is 6.23. The average molecular weight is 192 g/mol. The van der Waals surface area contributed by atoms with Crippen LogP contribution in [0, 0.1) is 11.6 Å². The summed E-state index contributed by atoms with van der Waals surface area (Å²) in [4.78, 5) is 10.1. The molecule has 0 saturated heterocycles. The van der Waals surface area contributed by atoms with E-state index in [1.165, 1.54) is 0 Å². The molecule has 0 amide bonds. The van der Waals surface area contributed by atoms with E-state index < -0.39 is 29.2 Å². The van der Waals surface area contributed by atoms with Gasteiger partial charge in [-0.25, -0.2) is 17.6 Å². The van der Waals surface area contributed by atoms with E-state index in [0.29, 0.717) is 6.07 Å². The zero-order valence-electron chi connectivity index (χ0n) is 6.23. The maximum Gasteiger partial charge on any atom is 0.266 e. The fraction of sp³-hybridized carbons (Fsp3) is 0.125. The second-order valence-corrected chi connectivity index (χ2v) is 2.31. The van der Waals surface area contributed by atoms with Gasteiger partial charge >= 0.3 is 0 Å². The van der Waals surface area contributed by atoms with Crippen molar-refractivity contribution in [3.63, 3.8) is 0 Å². The number of carbonyl (C=O) groups is 1. The van der Waals surface area contributed by atoms with Crippen molar-refractivity contribution >= 4 is 6.29 Å². The fourth-order valence-electron chi connectivity index (χ4n) is 0.841. The molecule has 1 rings (SSSR count). The summed E-state index contributed by atoms with van der Waals surface area (Å²) in [7, 11) is 0. The Morgan fingerprint density at radius 2 is 1.77 bits per heavy atom. The number of hydrogen-bond donors (Lipinski definition) is 0. The molecule has 1 aromatic rings. The van der Waals surface area contributed by atoms with Gasteiger partial charge in [-0.05, 0) is 6.07 Å². The van der Waals surface area contributed by atoms with Crippen LogP contribution in [0.2, 0.25) is 0 Å². The first-order valence-corrected chi connectivity index (χ1v) is 3.28. The van der Waals surface area contributed by atoms with E-state index in [1.807, 2.05) is 0 Å². The summed E-state index contributed by atoms with van der Waals surface area (Å²) in [6, 6.07) is 0.771. The van der Waals surface area contributed by atoms with Crippen molar-refractivity contribution in [2.75, 3.05) is 0 Å². The van der Waals surface area contributed by atoms with Crippen molar-refractivity contribution in [1.82, 2.24) is 0 Å². The first kappa shape index (κ1) is 9.70. The van der Waals surface area contributed by atoms with Crippen molar-refractivity contribution in [2.45, 2.75) is 6.43 Å². The summed E-state index contributed by atoms with van der Waals surface area (Å²) < 4.78 is 49.2. The molecule has 5 heteroatoms. The van der Waals surface area contributed by atoms with Gasteiger partial charge < -0.3 is 0 Å². The van der Waals surface area contributed by atoms with Gasteiger partial charge in [0, 0.05) is 6.07 Å². The Kier molecular flexibility index (Phi) is 2.65. The van der Waals surface area contributed by atoms with Crippen molar-refractivity contribution < 1.29 is 22.4 Å². The second kappa shape index (κ2) is 3.55. The molecule has 0 N–H and O–H groups in total. The van der Waals surface area contributed by atoms with E-state index in [-0.39, 0.29) is 12.4 Å². The number of rotatable bonds is 2. The Bertz CT molecular complexity index is 335. The molecule has 0 fully saturated rings. The van der Waals surface area contributed by atoms with Gasteiger partial charge in [-0.3, -0.25) is 4.79 Å². The summed E-state index contributed by atoms with van der Waals surface area (Å²) in [5, 5.41) is 0. The Hall–Kier alpha value is -1.39. The molecule has 0 aliphatic carbocycles. The fourth-order valence-corrected chi connectivity index (χ4v) is 0.841. The Balaban J connectivity index is 3.30. The molecular weight excluding hydrogens is 188 g/mol. The topological polar surface area (TPSA) is 17.1 Å². The minimum absolute atomic E-state index is 0.0562. The molecular formula is C8H4F4O. The molecule has 0 aromatic heterocycles. The quantitative estimate of drug-likeness (QED) is 0.520. The zero-order chi connectivity index (χ0) is 10.0. The van der Waals surface area contributed by atoms with E-state index >= 15 is 0 Å². The number of hydrogen-bond acceptors (Lipinski definition) is 1. The summed E-state index contributed by atoms with van der Waals surface area (Å²) in [5.74, 6) is -2.49. The number of halogens is 4. The number of carbonyl (C=O) groups excluding carboxylic acids is 1. The number of aldehydes is 1. The Morgan fingerprint density at radius 1 is 1.15 bits per heavy atom. The lowest BCUT2D eigenvalue weighted by Gasteiger charge is -2.02. The molecule has 0 atom stereocenters. The first-order chi connectivity index (χ1) is 6.06. The minimum Gasteiger partial charge on any atom is -0.298 e. The standard InChI is InChI=1S/C8H4F4O/c9-6-2-7(10)5(8(11)12)1-4(6)3-13/h1-3,8H. The third-order valence-corrected chi connectivity index (χ3v) is 1.48. The van der Waals surface area contributed by atoms with E-state index in [4.69, 9.17) is 0 Å². The highest BCUT2D eigenvalue weighted by atomic mass is 19.3. The predicted octanol–water partition coefficient (Wildman–Crippen LogP) is 2.71. The second-order valence-electron chi connectivity index (χ2n) is 2.31. The Morgan fingerprint density at radius 3 is 2.23 bits per heavy atom. The molecule has 1 aromatic carbocycles. The van der Waals surface area contributed by atoms with E-state index in [2.05, 4.69) is 0 Å². The normalized spacial score (nSPS) is 10.5. The lowest BCUT2D eigenvalue weighted by molar-refractivity contribution is 0.111.